The highest BCUT2D eigenvalue weighted by atomic mass is 16.5. The third-order valence-corrected chi connectivity index (χ3v) is 2.12. The van der Waals surface area contributed by atoms with Gasteiger partial charge in [-0.15, -0.1) is 0 Å². The van der Waals surface area contributed by atoms with Gasteiger partial charge in [0.05, 0.1) is 20.3 Å². The predicted octanol–water partition coefficient (Wildman–Crippen LogP) is 1.38. The third-order valence-electron chi connectivity index (χ3n) is 2.12. The fourth-order valence-electron chi connectivity index (χ4n) is 1.36. The molecule has 16 heavy (non-hydrogen) atoms. The SMILES string of the molecule is CCOc1cc(OC)ccc1CNCC=O. The number of ether oxygens (including phenoxy) is 2. The van der Waals surface area contributed by atoms with E-state index in [0.29, 0.717) is 19.7 Å². The molecule has 0 fully saturated rings. The lowest BCUT2D eigenvalue weighted by Crippen LogP contribution is -2.16. The standard InChI is InChI=1S/C12H17NO3/c1-3-16-12-8-11(15-2)5-4-10(12)9-13-6-7-14/h4-5,7-8,13H,3,6,9H2,1-2H3. The molecule has 0 aliphatic heterocycles. The summed E-state index contributed by atoms with van der Waals surface area (Å²) in [6.07, 6.45) is 0.837. The Kier molecular flexibility index (Phi) is 5.36. The van der Waals surface area contributed by atoms with Crippen LogP contribution >= 0.6 is 0 Å². The average molecular weight is 223 g/mol. The van der Waals surface area contributed by atoms with E-state index < -0.39 is 0 Å². The maximum absolute atomic E-state index is 10.2. The molecule has 0 saturated heterocycles. The highest BCUT2D eigenvalue weighted by Crippen LogP contribution is 2.24. The molecular formula is C12H17NO3. The van der Waals surface area contributed by atoms with Crippen LogP contribution in [0.2, 0.25) is 0 Å². The molecule has 0 saturated carbocycles. The van der Waals surface area contributed by atoms with Crippen molar-refractivity contribution in [3.8, 4) is 11.5 Å². The molecular weight excluding hydrogens is 206 g/mol. The molecule has 1 rings (SSSR count). The fourth-order valence-corrected chi connectivity index (χ4v) is 1.36. The molecule has 4 nitrogen and oxygen atoms in total. The molecule has 4 heteroatoms. The van der Waals surface area contributed by atoms with Gasteiger partial charge in [0, 0.05) is 18.2 Å². The van der Waals surface area contributed by atoms with E-state index in [-0.39, 0.29) is 0 Å². The number of rotatable bonds is 7. The maximum atomic E-state index is 10.2. The monoisotopic (exact) mass is 223 g/mol. The van der Waals surface area contributed by atoms with Crippen LogP contribution in [0.5, 0.6) is 11.5 Å². The first-order valence-corrected chi connectivity index (χ1v) is 5.25. The number of methoxy groups -OCH3 is 1. The average Bonchev–Trinajstić information content (AvgIpc) is 2.31. The zero-order valence-corrected chi connectivity index (χ0v) is 9.66. The van der Waals surface area contributed by atoms with Gasteiger partial charge in [0.2, 0.25) is 0 Å². The van der Waals surface area contributed by atoms with E-state index in [4.69, 9.17) is 9.47 Å². The van der Waals surface area contributed by atoms with E-state index in [2.05, 4.69) is 5.32 Å². The normalized spacial score (nSPS) is 9.88. The van der Waals surface area contributed by atoms with E-state index in [1.165, 1.54) is 0 Å². The van der Waals surface area contributed by atoms with Gasteiger partial charge >= 0.3 is 0 Å². The highest BCUT2D eigenvalue weighted by molar-refractivity contribution is 5.52. The van der Waals surface area contributed by atoms with Crippen molar-refractivity contribution in [2.45, 2.75) is 13.5 Å². The fraction of sp³-hybridized carbons (Fsp3) is 0.417. The Morgan fingerprint density at radius 1 is 1.44 bits per heavy atom. The van der Waals surface area contributed by atoms with E-state index in [1.54, 1.807) is 7.11 Å². The van der Waals surface area contributed by atoms with Crippen molar-refractivity contribution in [1.82, 2.24) is 5.32 Å². The third kappa shape index (κ3) is 3.55. The number of aldehydes is 1. The number of carbonyl (C=O) groups excluding carboxylic acids is 1. The van der Waals surface area contributed by atoms with Gasteiger partial charge in [0.15, 0.2) is 0 Å². The lowest BCUT2D eigenvalue weighted by Gasteiger charge is -2.11. The summed E-state index contributed by atoms with van der Waals surface area (Å²) in [6, 6.07) is 5.66. The molecule has 0 amide bonds. The molecule has 0 radical (unpaired) electrons. The smallest absolute Gasteiger partial charge is 0.133 e. The van der Waals surface area contributed by atoms with Crippen LogP contribution in [0.1, 0.15) is 12.5 Å². The zero-order valence-electron chi connectivity index (χ0n) is 9.66. The van der Waals surface area contributed by atoms with E-state index >= 15 is 0 Å². The Bertz CT molecular complexity index is 339. The molecule has 0 heterocycles. The molecule has 1 aromatic rings. The van der Waals surface area contributed by atoms with Crippen LogP contribution in [0.3, 0.4) is 0 Å². The minimum absolute atomic E-state index is 0.345. The quantitative estimate of drug-likeness (QED) is 0.560. The van der Waals surface area contributed by atoms with Crippen LogP contribution in [-0.2, 0) is 11.3 Å². The van der Waals surface area contributed by atoms with Gasteiger partial charge in [-0.2, -0.15) is 0 Å². The predicted molar refractivity (Wildman–Crippen MR) is 61.9 cm³/mol. The lowest BCUT2D eigenvalue weighted by atomic mass is 10.2. The minimum atomic E-state index is 0.345. The Labute approximate surface area is 95.6 Å². The lowest BCUT2D eigenvalue weighted by molar-refractivity contribution is -0.107. The molecule has 88 valence electrons. The van der Waals surface area contributed by atoms with Crippen molar-refractivity contribution >= 4 is 6.29 Å². The summed E-state index contributed by atoms with van der Waals surface area (Å²) in [5, 5.41) is 3.00. The number of benzene rings is 1. The van der Waals surface area contributed by atoms with Crippen molar-refractivity contribution in [2.75, 3.05) is 20.3 Å². The first-order chi connectivity index (χ1) is 7.81. The van der Waals surface area contributed by atoms with Crippen LogP contribution in [0.25, 0.3) is 0 Å². The molecule has 0 spiro atoms. The number of hydrogen-bond donors (Lipinski definition) is 1. The van der Waals surface area contributed by atoms with Crippen molar-refractivity contribution in [3.05, 3.63) is 23.8 Å². The second-order valence-electron chi connectivity index (χ2n) is 3.20. The summed E-state index contributed by atoms with van der Waals surface area (Å²) in [4.78, 5) is 10.2. The number of carbonyl (C=O) groups is 1. The minimum Gasteiger partial charge on any atom is -0.497 e. The second-order valence-corrected chi connectivity index (χ2v) is 3.20. The summed E-state index contributed by atoms with van der Waals surface area (Å²) < 4.78 is 10.6. The molecule has 0 unspecified atom stereocenters. The number of nitrogens with one attached hydrogen (secondary N) is 1. The second kappa shape index (κ2) is 6.85. The maximum Gasteiger partial charge on any atom is 0.133 e. The van der Waals surface area contributed by atoms with E-state index in [9.17, 15) is 4.79 Å². The Balaban J connectivity index is 2.76. The van der Waals surface area contributed by atoms with Gasteiger partial charge < -0.3 is 19.6 Å². The van der Waals surface area contributed by atoms with Crippen LogP contribution in [0.15, 0.2) is 18.2 Å². The summed E-state index contributed by atoms with van der Waals surface area (Å²) in [5.74, 6) is 1.56. The Morgan fingerprint density at radius 2 is 2.25 bits per heavy atom. The van der Waals surface area contributed by atoms with E-state index in [0.717, 1.165) is 23.3 Å². The molecule has 0 aliphatic rings. The zero-order chi connectivity index (χ0) is 11.8. The van der Waals surface area contributed by atoms with Crippen molar-refractivity contribution in [3.63, 3.8) is 0 Å². The van der Waals surface area contributed by atoms with Crippen LogP contribution in [-0.4, -0.2) is 26.5 Å². The molecule has 1 N–H and O–H groups in total. The molecule has 0 bridgehead atoms. The summed E-state index contributed by atoms with van der Waals surface area (Å²) in [7, 11) is 1.62. The van der Waals surface area contributed by atoms with Gasteiger partial charge in [0.1, 0.15) is 17.8 Å². The van der Waals surface area contributed by atoms with Crippen molar-refractivity contribution in [2.24, 2.45) is 0 Å². The largest absolute Gasteiger partial charge is 0.497 e. The van der Waals surface area contributed by atoms with Gasteiger partial charge in [-0.05, 0) is 13.0 Å². The molecule has 0 aliphatic carbocycles. The summed E-state index contributed by atoms with van der Waals surface area (Å²) in [6.45, 7) is 3.49. The van der Waals surface area contributed by atoms with Gasteiger partial charge in [0.25, 0.3) is 0 Å². The Hall–Kier alpha value is -1.55. The topological polar surface area (TPSA) is 47.6 Å². The first-order valence-electron chi connectivity index (χ1n) is 5.25. The highest BCUT2D eigenvalue weighted by Gasteiger charge is 2.04. The van der Waals surface area contributed by atoms with Crippen molar-refractivity contribution in [1.29, 1.82) is 0 Å². The van der Waals surface area contributed by atoms with Crippen LogP contribution < -0.4 is 14.8 Å². The van der Waals surface area contributed by atoms with Gasteiger partial charge in [-0.25, -0.2) is 0 Å². The first kappa shape index (κ1) is 12.5. The Morgan fingerprint density at radius 3 is 2.88 bits per heavy atom. The molecule has 0 aromatic heterocycles. The summed E-state index contributed by atoms with van der Waals surface area (Å²) >= 11 is 0. The molecule has 0 atom stereocenters. The van der Waals surface area contributed by atoms with E-state index in [1.807, 2.05) is 25.1 Å². The van der Waals surface area contributed by atoms with Gasteiger partial charge in [-0.1, -0.05) is 6.07 Å². The van der Waals surface area contributed by atoms with Crippen LogP contribution in [0.4, 0.5) is 0 Å². The van der Waals surface area contributed by atoms with Crippen molar-refractivity contribution < 1.29 is 14.3 Å². The number of hydrogen-bond acceptors (Lipinski definition) is 4. The summed E-state index contributed by atoms with van der Waals surface area (Å²) in [5.41, 5.74) is 1.02. The van der Waals surface area contributed by atoms with Gasteiger partial charge in [-0.3, -0.25) is 0 Å². The van der Waals surface area contributed by atoms with Crippen LogP contribution in [0, 0.1) is 0 Å². The molecule has 1 aromatic carbocycles.